The first-order chi connectivity index (χ1) is 12.1. The first-order valence-electron chi connectivity index (χ1n) is 7.93. The molecule has 0 spiro atoms. The van der Waals surface area contributed by atoms with Crippen molar-refractivity contribution < 1.29 is 4.42 Å². The standard InChI is InChI=1S/C19H16BrN3OS/c1-23-18(17(22-19(23)25)14-4-2-3-11-21-14)16-10-9-15(24-16)12-5-7-13(20)8-6-12/h2-11,17-18H,1H3,(H,22,25)/t17-,18-/m1/s1. The molecule has 1 fully saturated rings. The number of rotatable bonds is 3. The number of aromatic nitrogens is 1. The summed E-state index contributed by atoms with van der Waals surface area (Å²) < 4.78 is 7.22. The molecule has 25 heavy (non-hydrogen) atoms. The van der Waals surface area contributed by atoms with E-state index in [1.165, 1.54) is 0 Å². The number of pyridine rings is 1. The zero-order chi connectivity index (χ0) is 17.4. The van der Waals surface area contributed by atoms with Crippen LogP contribution in [0.2, 0.25) is 0 Å². The predicted molar refractivity (Wildman–Crippen MR) is 105 cm³/mol. The minimum absolute atomic E-state index is 0.0356. The molecule has 3 aromatic rings. The van der Waals surface area contributed by atoms with Crippen molar-refractivity contribution in [3.8, 4) is 11.3 Å². The van der Waals surface area contributed by atoms with Crippen LogP contribution in [0.1, 0.15) is 23.5 Å². The molecule has 0 aliphatic carbocycles. The van der Waals surface area contributed by atoms with Crippen molar-refractivity contribution in [3.05, 3.63) is 76.7 Å². The van der Waals surface area contributed by atoms with Crippen LogP contribution in [-0.4, -0.2) is 22.0 Å². The minimum Gasteiger partial charge on any atom is -0.459 e. The summed E-state index contributed by atoms with van der Waals surface area (Å²) in [5.74, 6) is 1.71. The summed E-state index contributed by atoms with van der Waals surface area (Å²) in [4.78, 5) is 6.51. The SMILES string of the molecule is CN1C(=S)N[C@H](c2ccccn2)[C@H]1c1ccc(-c2ccc(Br)cc2)o1. The summed E-state index contributed by atoms with van der Waals surface area (Å²) in [6.07, 6.45) is 1.80. The highest BCUT2D eigenvalue weighted by atomic mass is 79.9. The summed E-state index contributed by atoms with van der Waals surface area (Å²) in [5.41, 5.74) is 1.99. The molecule has 0 saturated carbocycles. The Morgan fingerprint density at radius 2 is 1.92 bits per heavy atom. The summed E-state index contributed by atoms with van der Waals surface area (Å²) in [6.45, 7) is 0. The Hall–Kier alpha value is -2.18. The average Bonchev–Trinajstić information content (AvgIpc) is 3.22. The van der Waals surface area contributed by atoms with E-state index in [0.29, 0.717) is 5.11 Å². The largest absolute Gasteiger partial charge is 0.459 e. The summed E-state index contributed by atoms with van der Waals surface area (Å²) >= 11 is 8.91. The number of halogens is 1. The van der Waals surface area contributed by atoms with Crippen molar-refractivity contribution in [2.24, 2.45) is 0 Å². The average molecular weight is 414 g/mol. The van der Waals surface area contributed by atoms with E-state index >= 15 is 0 Å². The maximum atomic E-state index is 6.18. The van der Waals surface area contributed by atoms with Crippen LogP contribution in [0.25, 0.3) is 11.3 Å². The second kappa shape index (κ2) is 6.61. The Morgan fingerprint density at radius 1 is 1.12 bits per heavy atom. The second-order valence-electron chi connectivity index (χ2n) is 5.95. The fourth-order valence-corrected chi connectivity index (χ4v) is 3.60. The number of hydrogen-bond donors (Lipinski definition) is 1. The Bertz CT molecular complexity index is 895. The highest BCUT2D eigenvalue weighted by Crippen LogP contribution is 2.39. The Morgan fingerprint density at radius 3 is 2.64 bits per heavy atom. The van der Waals surface area contributed by atoms with E-state index in [-0.39, 0.29) is 12.1 Å². The minimum atomic E-state index is -0.0392. The lowest BCUT2D eigenvalue weighted by molar-refractivity contribution is 0.310. The highest BCUT2D eigenvalue weighted by Gasteiger charge is 2.39. The zero-order valence-corrected chi connectivity index (χ0v) is 15.9. The van der Waals surface area contributed by atoms with Crippen LogP contribution in [0.3, 0.4) is 0 Å². The molecule has 4 nitrogen and oxygen atoms in total. The summed E-state index contributed by atoms with van der Waals surface area (Å²) in [5, 5.41) is 4.05. The molecule has 1 aromatic carbocycles. The molecule has 3 heterocycles. The highest BCUT2D eigenvalue weighted by molar-refractivity contribution is 9.10. The molecule has 0 radical (unpaired) electrons. The summed E-state index contributed by atoms with van der Waals surface area (Å²) in [6, 6.07) is 17.9. The molecule has 0 bridgehead atoms. The second-order valence-corrected chi connectivity index (χ2v) is 7.25. The van der Waals surface area contributed by atoms with Gasteiger partial charge in [0.05, 0.1) is 11.7 Å². The van der Waals surface area contributed by atoms with Crippen LogP contribution in [-0.2, 0) is 0 Å². The van der Waals surface area contributed by atoms with Gasteiger partial charge in [-0.3, -0.25) is 4.98 Å². The van der Waals surface area contributed by atoms with Crippen LogP contribution in [0.4, 0.5) is 0 Å². The number of likely N-dealkylation sites (N-methyl/N-ethyl adjacent to an activating group) is 1. The van der Waals surface area contributed by atoms with E-state index in [1.54, 1.807) is 6.20 Å². The lowest BCUT2D eigenvalue weighted by Crippen LogP contribution is -2.24. The molecule has 1 saturated heterocycles. The number of benzene rings is 1. The van der Waals surface area contributed by atoms with E-state index in [2.05, 4.69) is 26.2 Å². The van der Waals surface area contributed by atoms with Crippen LogP contribution < -0.4 is 5.32 Å². The van der Waals surface area contributed by atoms with Gasteiger partial charge in [-0.1, -0.05) is 34.1 Å². The molecule has 1 aliphatic rings. The zero-order valence-electron chi connectivity index (χ0n) is 13.5. The van der Waals surface area contributed by atoms with Gasteiger partial charge in [0, 0.05) is 23.3 Å². The molecular formula is C19H16BrN3OS. The molecule has 0 amide bonds. The van der Waals surface area contributed by atoms with Gasteiger partial charge in [-0.15, -0.1) is 0 Å². The maximum Gasteiger partial charge on any atom is 0.170 e. The van der Waals surface area contributed by atoms with Gasteiger partial charge in [0.2, 0.25) is 0 Å². The quantitative estimate of drug-likeness (QED) is 0.629. The summed E-state index contributed by atoms with van der Waals surface area (Å²) in [7, 11) is 1.98. The Kier molecular flexibility index (Phi) is 4.31. The van der Waals surface area contributed by atoms with Gasteiger partial charge in [0.25, 0.3) is 0 Å². The van der Waals surface area contributed by atoms with Gasteiger partial charge in [0.15, 0.2) is 5.11 Å². The van der Waals surface area contributed by atoms with E-state index in [1.807, 2.05) is 66.5 Å². The normalized spacial score (nSPS) is 19.9. The molecule has 4 rings (SSSR count). The third kappa shape index (κ3) is 3.07. The van der Waals surface area contributed by atoms with E-state index in [4.69, 9.17) is 16.6 Å². The van der Waals surface area contributed by atoms with Gasteiger partial charge in [-0.2, -0.15) is 0 Å². The molecule has 1 N–H and O–H groups in total. The van der Waals surface area contributed by atoms with Gasteiger partial charge >= 0.3 is 0 Å². The monoisotopic (exact) mass is 413 g/mol. The van der Waals surface area contributed by atoms with Crippen LogP contribution >= 0.6 is 28.1 Å². The molecule has 126 valence electrons. The van der Waals surface area contributed by atoms with Crippen molar-refractivity contribution >= 4 is 33.3 Å². The smallest absolute Gasteiger partial charge is 0.170 e. The van der Waals surface area contributed by atoms with E-state index < -0.39 is 0 Å². The molecular weight excluding hydrogens is 398 g/mol. The van der Waals surface area contributed by atoms with Crippen molar-refractivity contribution in [1.82, 2.24) is 15.2 Å². The molecule has 2 atom stereocenters. The topological polar surface area (TPSA) is 41.3 Å². The first kappa shape index (κ1) is 16.3. The Balaban J connectivity index is 1.69. The third-order valence-electron chi connectivity index (χ3n) is 4.39. The van der Waals surface area contributed by atoms with Crippen molar-refractivity contribution in [2.45, 2.75) is 12.1 Å². The lowest BCUT2D eigenvalue weighted by atomic mass is 10.0. The van der Waals surface area contributed by atoms with Gasteiger partial charge in [-0.05, 0) is 48.6 Å². The number of hydrogen-bond acceptors (Lipinski definition) is 3. The van der Waals surface area contributed by atoms with Gasteiger partial charge in [-0.25, -0.2) is 0 Å². The molecule has 2 aromatic heterocycles. The number of furan rings is 1. The van der Waals surface area contributed by atoms with Crippen LogP contribution in [0.15, 0.2) is 69.7 Å². The fourth-order valence-electron chi connectivity index (χ4n) is 3.10. The molecule has 6 heteroatoms. The third-order valence-corrected chi connectivity index (χ3v) is 5.32. The van der Waals surface area contributed by atoms with Gasteiger partial charge in [0.1, 0.15) is 17.6 Å². The lowest BCUT2D eigenvalue weighted by Gasteiger charge is -2.21. The number of thiocarbonyl (C=S) groups is 1. The van der Waals surface area contributed by atoms with Crippen LogP contribution in [0.5, 0.6) is 0 Å². The number of nitrogens with zero attached hydrogens (tertiary/aromatic N) is 2. The van der Waals surface area contributed by atoms with Crippen molar-refractivity contribution in [2.75, 3.05) is 7.05 Å². The van der Waals surface area contributed by atoms with Crippen molar-refractivity contribution in [3.63, 3.8) is 0 Å². The van der Waals surface area contributed by atoms with Crippen LogP contribution in [0, 0.1) is 0 Å². The first-order valence-corrected chi connectivity index (χ1v) is 9.13. The van der Waals surface area contributed by atoms with Crippen molar-refractivity contribution in [1.29, 1.82) is 0 Å². The fraction of sp³-hybridized carbons (Fsp3) is 0.158. The van der Waals surface area contributed by atoms with E-state index in [9.17, 15) is 0 Å². The predicted octanol–water partition coefficient (Wildman–Crippen LogP) is 4.71. The molecule has 0 unspecified atom stereocenters. The van der Waals surface area contributed by atoms with E-state index in [0.717, 1.165) is 27.3 Å². The number of nitrogens with one attached hydrogen (secondary N) is 1. The maximum absolute atomic E-state index is 6.18. The van der Waals surface area contributed by atoms with Gasteiger partial charge < -0.3 is 14.6 Å². The Labute approximate surface area is 160 Å². The molecule has 1 aliphatic heterocycles.